The highest BCUT2D eigenvalue weighted by atomic mass is 35.5. The van der Waals surface area contributed by atoms with Crippen LogP contribution >= 0.6 is 11.6 Å². The number of benzene rings is 1. The smallest absolute Gasteiger partial charge is 0.0555 e. The van der Waals surface area contributed by atoms with Gasteiger partial charge in [0.25, 0.3) is 0 Å². The van der Waals surface area contributed by atoms with Crippen molar-refractivity contribution in [2.24, 2.45) is 5.41 Å². The van der Waals surface area contributed by atoms with Crippen molar-refractivity contribution >= 4 is 22.5 Å². The number of fused-ring (bicyclic) bond motifs is 3. The molecular formula is C16H19ClN2O. The Morgan fingerprint density at radius 2 is 2.20 bits per heavy atom. The van der Waals surface area contributed by atoms with Gasteiger partial charge in [0, 0.05) is 27.0 Å². The van der Waals surface area contributed by atoms with Gasteiger partial charge in [-0.25, -0.2) is 0 Å². The molecule has 4 heteroatoms. The summed E-state index contributed by atoms with van der Waals surface area (Å²) in [6.45, 7) is 1.24. The molecule has 0 amide bonds. The predicted molar refractivity (Wildman–Crippen MR) is 81.1 cm³/mol. The molecule has 0 spiro atoms. The van der Waals surface area contributed by atoms with Gasteiger partial charge in [-0.15, -0.1) is 0 Å². The molecule has 0 saturated heterocycles. The van der Waals surface area contributed by atoms with Crippen molar-refractivity contribution in [3.05, 3.63) is 34.5 Å². The molecule has 3 nitrogen and oxygen atoms in total. The third kappa shape index (κ3) is 1.67. The largest absolute Gasteiger partial charge is 0.396 e. The minimum atomic E-state index is 0.0276. The van der Waals surface area contributed by atoms with Crippen LogP contribution < -0.4 is 5.32 Å². The second-order valence-electron chi connectivity index (χ2n) is 6.22. The molecular weight excluding hydrogens is 272 g/mol. The zero-order valence-electron chi connectivity index (χ0n) is 11.4. The maximum absolute atomic E-state index is 9.86. The fourth-order valence-electron chi connectivity index (χ4n) is 3.89. The lowest BCUT2D eigenvalue weighted by molar-refractivity contribution is 0.00214. The average molecular weight is 291 g/mol. The molecule has 2 aliphatic rings. The van der Waals surface area contributed by atoms with Crippen molar-refractivity contribution in [2.45, 2.75) is 31.7 Å². The van der Waals surface area contributed by atoms with Gasteiger partial charge in [-0.3, -0.25) is 0 Å². The second kappa shape index (κ2) is 4.48. The van der Waals surface area contributed by atoms with Crippen LogP contribution in [0.3, 0.4) is 0 Å². The molecule has 20 heavy (non-hydrogen) atoms. The number of H-pyrrole nitrogens is 1. The molecule has 0 radical (unpaired) electrons. The van der Waals surface area contributed by atoms with Crippen molar-refractivity contribution in [3.63, 3.8) is 0 Å². The van der Waals surface area contributed by atoms with E-state index in [0.717, 1.165) is 36.3 Å². The number of halogens is 1. The summed E-state index contributed by atoms with van der Waals surface area (Å²) in [7, 11) is 0. The van der Waals surface area contributed by atoms with Gasteiger partial charge in [-0.05, 0) is 49.6 Å². The van der Waals surface area contributed by atoms with E-state index in [0.29, 0.717) is 0 Å². The molecule has 1 aliphatic heterocycles. The van der Waals surface area contributed by atoms with Crippen molar-refractivity contribution in [1.29, 1.82) is 0 Å². The Kier molecular flexibility index (Phi) is 2.85. The third-order valence-corrected chi connectivity index (χ3v) is 5.43. The van der Waals surface area contributed by atoms with Gasteiger partial charge in [-0.1, -0.05) is 18.0 Å². The van der Waals surface area contributed by atoms with E-state index >= 15 is 0 Å². The number of rotatable bonds is 2. The topological polar surface area (TPSA) is 48.0 Å². The van der Waals surface area contributed by atoms with Crippen LogP contribution in [0.5, 0.6) is 0 Å². The maximum Gasteiger partial charge on any atom is 0.0555 e. The summed E-state index contributed by atoms with van der Waals surface area (Å²) < 4.78 is 0. The molecule has 1 atom stereocenters. The molecule has 2 heterocycles. The van der Waals surface area contributed by atoms with Crippen LogP contribution in [-0.2, 0) is 6.42 Å². The minimum Gasteiger partial charge on any atom is -0.396 e. The van der Waals surface area contributed by atoms with Crippen LogP contribution in [0.4, 0.5) is 0 Å². The highest BCUT2D eigenvalue weighted by Gasteiger charge is 2.46. The lowest BCUT2D eigenvalue weighted by Crippen LogP contribution is -2.48. The molecule has 1 aromatic heterocycles. The van der Waals surface area contributed by atoms with E-state index in [4.69, 9.17) is 11.6 Å². The Morgan fingerprint density at radius 1 is 1.35 bits per heavy atom. The summed E-state index contributed by atoms with van der Waals surface area (Å²) in [5.41, 5.74) is 3.83. The van der Waals surface area contributed by atoms with E-state index < -0.39 is 0 Å². The normalized spacial score (nSPS) is 24.4. The van der Waals surface area contributed by atoms with E-state index in [1.165, 1.54) is 23.1 Å². The molecule has 1 unspecified atom stereocenters. The van der Waals surface area contributed by atoms with Gasteiger partial charge >= 0.3 is 0 Å². The molecule has 1 aliphatic carbocycles. The Morgan fingerprint density at radius 3 is 2.90 bits per heavy atom. The highest BCUT2D eigenvalue weighted by molar-refractivity contribution is 6.31. The van der Waals surface area contributed by atoms with Gasteiger partial charge in [0.05, 0.1) is 12.6 Å². The number of nitrogens with one attached hydrogen (secondary N) is 2. The van der Waals surface area contributed by atoms with Gasteiger partial charge in [0.15, 0.2) is 0 Å². The quantitative estimate of drug-likeness (QED) is 0.796. The molecule has 2 aromatic rings. The van der Waals surface area contributed by atoms with Crippen LogP contribution in [0.15, 0.2) is 18.2 Å². The number of hydrogen-bond acceptors (Lipinski definition) is 2. The first-order chi connectivity index (χ1) is 9.73. The van der Waals surface area contributed by atoms with E-state index in [2.05, 4.69) is 22.4 Å². The maximum atomic E-state index is 9.86. The number of hydrogen-bond donors (Lipinski definition) is 3. The first kappa shape index (κ1) is 12.7. The lowest BCUT2D eigenvalue weighted by atomic mass is 9.62. The summed E-state index contributed by atoms with van der Waals surface area (Å²) in [6.07, 6.45) is 4.46. The van der Waals surface area contributed by atoms with Crippen molar-refractivity contribution in [3.8, 4) is 0 Å². The van der Waals surface area contributed by atoms with Gasteiger partial charge in [-0.2, -0.15) is 0 Å². The molecule has 0 bridgehead atoms. The van der Waals surface area contributed by atoms with Gasteiger partial charge in [0.1, 0.15) is 0 Å². The van der Waals surface area contributed by atoms with Crippen LogP contribution in [0.25, 0.3) is 10.9 Å². The first-order valence-corrected chi connectivity index (χ1v) is 7.76. The molecule has 1 fully saturated rings. The van der Waals surface area contributed by atoms with Gasteiger partial charge in [0.2, 0.25) is 0 Å². The lowest BCUT2D eigenvalue weighted by Gasteiger charge is -2.48. The fourth-order valence-corrected chi connectivity index (χ4v) is 4.06. The van der Waals surface area contributed by atoms with Crippen molar-refractivity contribution in [1.82, 2.24) is 10.3 Å². The van der Waals surface area contributed by atoms with Gasteiger partial charge < -0.3 is 15.4 Å². The van der Waals surface area contributed by atoms with Crippen molar-refractivity contribution < 1.29 is 5.11 Å². The SMILES string of the molecule is OCC1(C2NCCc3c2[nH]c2ccc(Cl)cc32)CCC1. The zero-order valence-corrected chi connectivity index (χ0v) is 12.1. The number of aliphatic hydroxyl groups is 1. The average Bonchev–Trinajstić information content (AvgIpc) is 2.77. The van der Waals surface area contributed by atoms with E-state index in [-0.39, 0.29) is 18.1 Å². The number of aromatic nitrogens is 1. The number of aromatic amines is 1. The summed E-state index contributed by atoms with van der Waals surface area (Å²) in [4.78, 5) is 3.57. The molecule has 106 valence electrons. The Bertz CT molecular complexity index is 654. The van der Waals surface area contributed by atoms with E-state index in [9.17, 15) is 5.11 Å². The zero-order chi connectivity index (χ0) is 13.7. The monoisotopic (exact) mass is 290 g/mol. The number of aliphatic hydroxyl groups excluding tert-OH is 1. The summed E-state index contributed by atoms with van der Waals surface area (Å²) in [5, 5.41) is 15.5. The predicted octanol–water partition coefficient (Wildman–Crippen LogP) is 3.17. The molecule has 1 aromatic carbocycles. The summed E-state index contributed by atoms with van der Waals surface area (Å²) in [6, 6.07) is 6.29. The van der Waals surface area contributed by atoms with E-state index in [1.807, 2.05) is 6.07 Å². The summed E-state index contributed by atoms with van der Waals surface area (Å²) >= 11 is 6.14. The van der Waals surface area contributed by atoms with Crippen molar-refractivity contribution in [2.75, 3.05) is 13.2 Å². The van der Waals surface area contributed by atoms with Crippen LogP contribution in [-0.4, -0.2) is 23.2 Å². The van der Waals surface area contributed by atoms with E-state index in [1.54, 1.807) is 0 Å². The Hall–Kier alpha value is -1.03. The summed E-state index contributed by atoms with van der Waals surface area (Å²) in [5.74, 6) is 0. The van der Waals surface area contributed by atoms with Crippen LogP contribution in [0.1, 0.15) is 36.6 Å². The molecule has 3 N–H and O–H groups in total. The minimum absolute atomic E-state index is 0.0276. The van der Waals surface area contributed by atoms with Crippen LogP contribution in [0.2, 0.25) is 5.02 Å². The van der Waals surface area contributed by atoms with Crippen LogP contribution in [0, 0.1) is 5.41 Å². The third-order valence-electron chi connectivity index (χ3n) is 5.19. The Balaban J connectivity index is 1.87. The second-order valence-corrected chi connectivity index (χ2v) is 6.65. The highest BCUT2D eigenvalue weighted by Crippen LogP contribution is 2.51. The Labute approximate surface area is 123 Å². The fraction of sp³-hybridized carbons (Fsp3) is 0.500. The molecule has 4 rings (SSSR count). The first-order valence-electron chi connectivity index (χ1n) is 7.38. The molecule has 1 saturated carbocycles. The standard InChI is InChI=1S/C16H19ClN2O/c17-10-2-3-13-12(8-10)11-4-7-18-15(14(11)19-13)16(9-20)5-1-6-16/h2-3,8,15,18-20H,1,4-7,9H2.